The molecule has 2 aromatic carbocycles. The molecule has 2 aliphatic heterocycles. The average Bonchev–Trinajstić information content (AvgIpc) is 2.70. The number of para-hydroxylation sites is 1. The maximum absolute atomic E-state index is 6.21. The zero-order chi connectivity index (χ0) is 17.8. The second kappa shape index (κ2) is 8.11. The van der Waals surface area contributed by atoms with Crippen LogP contribution in [-0.4, -0.2) is 55.7 Å². The topological polar surface area (TPSA) is 24.9 Å². The van der Waals surface area contributed by atoms with Crippen molar-refractivity contribution < 1.29 is 9.47 Å². The summed E-state index contributed by atoms with van der Waals surface area (Å²) in [6.07, 6.45) is 2.60. The van der Waals surface area contributed by atoms with Crippen molar-refractivity contribution in [2.75, 3.05) is 39.8 Å². The lowest BCUT2D eigenvalue weighted by Crippen LogP contribution is -2.49. The lowest BCUT2D eigenvalue weighted by molar-refractivity contribution is 0.0722. The van der Waals surface area contributed by atoms with Gasteiger partial charge in [0.25, 0.3) is 0 Å². The fourth-order valence-electron chi connectivity index (χ4n) is 3.92. The molecule has 2 heterocycles. The van der Waals surface area contributed by atoms with Crippen LogP contribution in [0.1, 0.15) is 17.5 Å². The average molecular weight is 352 g/mol. The number of benzene rings is 2. The summed E-state index contributed by atoms with van der Waals surface area (Å²) >= 11 is 0. The molecule has 4 rings (SSSR count). The number of aryl methyl sites for hydroxylation is 1. The van der Waals surface area contributed by atoms with Crippen LogP contribution in [0.4, 0.5) is 0 Å². The van der Waals surface area contributed by atoms with E-state index in [0.717, 1.165) is 63.6 Å². The predicted molar refractivity (Wildman–Crippen MR) is 104 cm³/mol. The van der Waals surface area contributed by atoms with Gasteiger partial charge in [0.2, 0.25) is 0 Å². The molecule has 1 unspecified atom stereocenters. The Morgan fingerprint density at radius 1 is 0.962 bits per heavy atom. The summed E-state index contributed by atoms with van der Waals surface area (Å²) < 4.78 is 11.4. The van der Waals surface area contributed by atoms with Crippen molar-refractivity contribution in [3.05, 3.63) is 59.7 Å². The van der Waals surface area contributed by atoms with Gasteiger partial charge in [0.1, 0.15) is 17.6 Å². The van der Waals surface area contributed by atoms with Crippen molar-refractivity contribution in [2.45, 2.75) is 25.5 Å². The lowest BCUT2D eigenvalue weighted by Gasteiger charge is -2.37. The highest BCUT2D eigenvalue weighted by atomic mass is 16.5. The molecule has 0 N–H and O–H groups in total. The van der Waals surface area contributed by atoms with Gasteiger partial charge in [-0.25, -0.2) is 0 Å². The third kappa shape index (κ3) is 4.19. The first kappa shape index (κ1) is 17.4. The molecular weight excluding hydrogens is 324 g/mol. The second-order valence-electron chi connectivity index (χ2n) is 7.31. The van der Waals surface area contributed by atoms with Gasteiger partial charge in [-0.1, -0.05) is 30.3 Å². The number of nitrogens with zero attached hydrogens (tertiary/aromatic N) is 2. The summed E-state index contributed by atoms with van der Waals surface area (Å²) in [5.74, 6) is 2.01. The Balaban J connectivity index is 1.24. The highest BCUT2D eigenvalue weighted by Crippen LogP contribution is 2.27. The Labute approximate surface area is 156 Å². The van der Waals surface area contributed by atoms with Crippen LogP contribution in [0.3, 0.4) is 0 Å². The number of hydrogen-bond acceptors (Lipinski definition) is 4. The van der Waals surface area contributed by atoms with E-state index in [2.05, 4.69) is 46.2 Å². The zero-order valence-corrected chi connectivity index (χ0v) is 15.6. The van der Waals surface area contributed by atoms with Gasteiger partial charge in [-0.15, -0.1) is 0 Å². The van der Waals surface area contributed by atoms with Gasteiger partial charge in [-0.2, -0.15) is 0 Å². The summed E-state index contributed by atoms with van der Waals surface area (Å²) in [5.41, 5.74) is 2.71. The molecule has 1 atom stereocenters. The standard InChI is InChI=1S/C22H28N2O2/c1-25-20-9-6-18(7-10-20)16-23-12-14-24(15-13-23)17-21-11-8-19-4-2-3-5-22(19)26-21/h2-7,9-10,21H,8,11-17H2,1H3. The van der Waals surface area contributed by atoms with E-state index in [1.165, 1.54) is 11.1 Å². The van der Waals surface area contributed by atoms with Gasteiger partial charge < -0.3 is 9.47 Å². The van der Waals surface area contributed by atoms with E-state index in [1.807, 2.05) is 12.1 Å². The zero-order valence-electron chi connectivity index (χ0n) is 15.6. The third-order valence-corrected chi connectivity index (χ3v) is 5.49. The van der Waals surface area contributed by atoms with Crippen molar-refractivity contribution in [3.8, 4) is 11.5 Å². The number of hydrogen-bond donors (Lipinski definition) is 0. The van der Waals surface area contributed by atoms with Gasteiger partial charge in [0, 0.05) is 39.3 Å². The third-order valence-electron chi connectivity index (χ3n) is 5.49. The molecule has 2 aliphatic rings. The molecule has 0 aromatic heterocycles. The monoisotopic (exact) mass is 352 g/mol. The van der Waals surface area contributed by atoms with Gasteiger partial charge in [-0.3, -0.25) is 9.80 Å². The molecule has 138 valence electrons. The van der Waals surface area contributed by atoms with E-state index in [-0.39, 0.29) is 0 Å². The van der Waals surface area contributed by atoms with Crippen LogP contribution in [0.2, 0.25) is 0 Å². The summed E-state index contributed by atoms with van der Waals surface area (Å²) in [4.78, 5) is 5.10. The molecule has 2 aromatic rings. The molecule has 4 heteroatoms. The molecule has 1 saturated heterocycles. The Morgan fingerprint density at radius 3 is 2.46 bits per heavy atom. The van der Waals surface area contributed by atoms with Gasteiger partial charge in [0.15, 0.2) is 0 Å². The van der Waals surface area contributed by atoms with Crippen molar-refractivity contribution in [2.24, 2.45) is 0 Å². The quantitative estimate of drug-likeness (QED) is 0.825. The fraction of sp³-hybridized carbons (Fsp3) is 0.455. The molecular formula is C22H28N2O2. The van der Waals surface area contributed by atoms with Crippen LogP contribution in [0.25, 0.3) is 0 Å². The van der Waals surface area contributed by atoms with Crippen LogP contribution >= 0.6 is 0 Å². The summed E-state index contributed by atoms with van der Waals surface area (Å²) in [5, 5.41) is 0. The van der Waals surface area contributed by atoms with E-state index in [0.29, 0.717) is 6.10 Å². The number of fused-ring (bicyclic) bond motifs is 1. The molecule has 1 fully saturated rings. The minimum atomic E-state index is 0.332. The maximum atomic E-state index is 6.21. The highest BCUT2D eigenvalue weighted by Gasteiger charge is 2.24. The number of methoxy groups -OCH3 is 1. The van der Waals surface area contributed by atoms with Crippen LogP contribution in [0.15, 0.2) is 48.5 Å². The molecule has 0 radical (unpaired) electrons. The van der Waals surface area contributed by atoms with Gasteiger partial charge in [0.05, 0.1) is 7.11 Å². The maximum Gasteiger partial charge on any atom is 0.122 e. The Kier molecular flexibility index (Phi) is 5.42. The van der Waals surface area contributed by atoms with Crippen LogP contribution in [0, 0.1) is 0 Å². The minimum absolute atomic E-state index is 0.332. The van der Waals surface area contributed by atoms with E-state index in [9.17, 15) is 0 Å². The van der Waals surface area contributed by atoms with Crippen LogP contribution in [-0.2, 0) is 13.0 Å². The Hall–Kier alpha value is -2.04. The number of rotatable bonds is 5. The second-order valence-corrected chi connectivity index (χ2v) is 7.31. The van der Waals surface area contributed by atoms with Gasteiger partial charge in [-0.05, 0) is 42.2 Å². The molecule has 0 spiro atoms. The Morgan fingerprint density at radius 2 is 1.69 bits per heavy atom. The first-order valence-corrected chi connectivity index (χ1v) is 9.62. The summed E-state index contributed by atoms with van der Waals surface area (Å²) in [7, 11) is 1.71. The minimum Gasteiger partial charge on any atom is -0.497 e. The number of piperazine rings is 1. The van der Waals surface area contributed by atoms with E-state index in [1.54, 1.807) is 7.11 Å². The predicted octanol–water partition coefficient (Wildman–Crippen LogP) is 3.21. The van der Waals surface area contributed by atoms with Crippen molar-refractivity contribution in [1.82, 2.24) is 9.80 Å². The molecule has 0 bridgehead atoms. The smallest absolute Gasteiger partial charge is 0.122 e. The van der Waals surface area contributed by atoms with E-state index in [4.69, 9.17) is 9.47 Å². The molecule has 26 heavy (non-hydrogen) atoms. The first-order chi connectivity index (χ1) is 12.8. The van der Waals surface area contributed by atoms with Crippen molar-refractivity contribution in [3.63, 3.8) is 0 Å². The molecule has 0 amide bonds. The summed E-state index contributed by atoms with van der Waals surface area (Å²) in [6, 6.07) is 16.9. The van der Waals surface area contributed by atoms with Crippen LogP contribution in [0.5, 0.6) is 11.5 Å². The molecule has 0 aliphatic carbocycles. The number of ether oxygens (including phenoxy) is 2. The Bertz CT molecular complexity index is 708. The molecule has 4 nitrogen and oxygen atoms in total. The van der Waals surface area contributed by atoms with E-state index >= 15 is 0 Å². The first-order valence-electron chi connectivity index (χ1n) is 9.62. The lowest BCUT2D eigenvalue weighted by atomic mass is 10.0. The van der Waals surface area contributed by atoms with Gasteiger partial charge >= 0.3 is 0 Å². The largest absolute Gasteiger partial charge is 0.497 e. The molecule has 0 saturated carbocycles. The van der Waals surface area contributed by atoms with Crippen LogP contribution < -0.4 is 9.47 Å². The fourth-order valence-corrected chi connectivity index (χ4v) is 3.92. The van der Waals surface area contributed by atoms with Crippen molar-refractivity contribution in [1.29, 1.82) is 0 Å². The SMILES string of the molecule is COc1ccc(CN2CCN(CC3CCc4ccccc4O3)CC2)cc1. The summed E-state index contributed by atoms with van der Waals surface area (Å²) in [6.45, 7) is 6.55. The normalized spacial score (nSPS) is 21.0. The van der Waals surface area contributed by atoms with Crippen molar-refractivity contribution >= 4 is 0 Å². The van der Waals surface area contributed by atoms with E-state index < -0.39 is 0 Å². The highest BCUT2D eigenvalue weighted by molar-refractivity contribution is 5.35.